The van der Waals surface area contributed by atoms with Crippen LogP contribution in [-0.4, -0.2) is 11.7 Å². The second kappa shape index (κ2) is 7.00. The summed E-state index contributed by atoms with van der Waals surface area (Å²) >= 11 is 3.96. The lowest BCUT2D eigenvalue weighted by atomic mass is 10.3. The van der Waals surface area contributed by atoms with Gasteiger partial charge in [-0.15, -0.1) is 11.8 Å². The predicted octanol–water partition coefficient (Wildman–Crippen LogP) is 4.60. The van der Waals surface area contributed by atoms with Gasteiger partial charge in [0, 0.05) is 15.4 Å². The highest BCUT2D eigenvalue weighted by atomic mass is 79.9. The van der Waals surface area contributed by atoms with Crippen molar-refractivity contribution in [3.05, 3.63) is 58.3 Å². The number of carbonyl (C=O) groups excluding carboxylic acids is 1. The first kappa shape index (κ1) is 15.9. The lowest BCUT2D eigenvalue weighted by Crippen LogP contribution is -2.15. The minimum atomic E-state index is -0.883. The highest BCUT2D eigenvalue weighted by molar-refractivity contribution is 9.10. The number of rotatable bonds is 4. The van der Waals surface area contributed by atoms with Gasteiger partial charge in [0.05, 0.1) is 11.4 Å². The molecule has 0 bridgehead atoms. The molecule has 2 aromatic rings. The Hall–Kier alpha value is -1.47. The molecule has 0 fully saturated rings. The van der Waals surface area contributed by atoms with Gasteiger partial charge < -0.3 is 5.32 Å². The monoisotopic (exact) mass is 375 g/mol. The third-order valence-corrected chi connectivity index (χ3v) is 4.14. The number of hydrogen-bond donors (Lipinski definition) is 1. The van der Waals surface area contributed by atoms with Crippen molar-refractivity contribution in [1.82, 2.24) is 0 Å². The average Bonchev–Trinajstić information content (AvgIpc) is 2.42. The molecule has 0 atom stereocenters. The van der Waals surface area contributed by atoms with Crippen LogP contribution in [0, 0.1) is 17.5 Å². The fraction of sp³-hybridized carbons (Fsp3) is 0.0714. The molecule has 0 heterocycles. The van der Waals surface area contributed by atoms with Crippen LogP contribution in [0.5, 0.6) is 0 Å². The Bertz CT molecular complexity index is 658. The minimum Gasteiger partial charge on any atom is -0.322 e. The number of thioether (sulfide) groups is 1. The molecule has 2 rings (SSSR count). The van der Waals surface area contributed by atoms with Crippen molar-refractivity contribution in [2.45, 2.75) is 4.90 Å². The van der Waals surface area contributed by atoms with E-state index in [0.29, 0.717) is 11.0 Å². The zero-order valence-electron chi connectivity index (χ0n) is 10.5. The van der Waals surface area contributed by atoms with Gasteiger partial charge in [0.1, 0.15) is 11.6 Å². The Balaban J connectivity index is 2.01. The third kappa shape index (κ3) is 4.25. The fourth-order valence-electron chi connectivity index (χ4n) is 1.54. The molecular weight excluding hydrogens is 367 g/mol. The maximum absolute atomic E-state index is 13.5. The first-order valence-electron chi connectivity index (χ1n) is 5.79. The largest absolute Gasteiger partial charge is 0.322 e. The summed E-state index contributed by atoms with van der Waals surface area (Å²) in [6.45, 7) is 0. The molecule has 0 unspecified atom stereocenters. The van der Waals surface area contributed by atoms with E-state index in [0.717, 1.165) is 17.8 Å². The predicted molar refractivity (Wildman–Crippen MR) is 79.8 cm³/mol. The van der Waals surface area contributed by atoms with Crippen LogP contribution in [0.4, 0.5) is 18.9 Å². The summed E-state index contributed by atoms with van der Waals surface area (Å²) in [5.41, 5.74) is -0.143. The summed E-state index contributed by atoms with van der Waals surface area (Å²) in [5.74, 6) is -2.67. The molecular formula is C14H9BrF3NOS. The van der Waals surface area contributed by atoms with E-state index in [1.54, 1.807) is 18.2 Å². The molecule has 0 aliphatic heterocycles. The molecule has 0 saturated carbocycles. The molecule has 2 nitrogen and oxygen atoms in total. The van der Waals surface area contributed by atoms with Crippen molar-refractivity contribution in [1.29, 1.82) is 0 Å². The molecule has 110 valence electrons. The number of hydrogen-bond acceptors (Lipinski definition) is 2. The zero-order valence-corrected chi connectivity index (χ0v) is 12.9. The second-order valence-electron chi connectivity index (χ2n) is 4.01. The number of carbonyl (C=O) groups is 1. The first-order chi connectivity index (χ1) is 9.97. The second-order valence-corrected chi connectivity index (χ2v) is 5.88. The van der Waals surface area contributed by atoms with Gasteiger partial charge in [-0.1, -0.05) is 12.1 Å². The van der Waals surface area contributed by atoms with Crippen LogP contribution >= 0.6 is 27.7 Å². The molecule has 1 N–H and O–H groups in total. The van der Waals surface area contributed by atoms with E-state index < -0.39 is 23.4 Å². The van der Waals surface area contributed by atoms with E-state index in [1.807, 2.05) is 0 Å². The number of amides is 1. The van der Waals surface area contributed by atoms with Gasteiger partial charge in [0.2, 0.25) is 5.91 Å². The molecule has 21 heavy (non-hydrogen) atoms. The minimum absolute atomic E-state index is 0.0931. The summed E-state index contributed by atoms with van der Waals surface area (Å²) in [6, 6.07) is 7.75. The molecule has 2 aromatic carbocycles. The Morgan fingerprint density at radius 3 is 2.52 bits per heavy atom. The number of nitrogens with one attached hydrogen (secondary N) is 1. The Kier molecular flexibility index (Phi) is 5.30. The Morgan fingerprint density at radius 1 is 1.14 bits per heavy atom. The average molecular weight is 376 g/mol. The van der Waals surface area contributed by atoms with E-state index in [-0.39, 0.29) is 15.9 Å². The topological polar surface area (TPSA) is 29.1 Å². The van der Waals surface area contributed by atoms with Crippen LogP contribution in [0.1, 0.15) is 0 Å². The van der Waals surface area contributed by atoms with Crippen molar-refractivity contribution in [2.75, 3.05) is 11.1 Å². The van der Waals surface area contributed by atoms with Crippen molar-refractivity contribution < 1.29 is 18.0 Å². The first-order valence-corrected chi connectivity index (χ1v) is 7.57. The van der Waals surface area contributed by atoms with Crippen molar-refractivity contribution >= 4 is 39.3 Å². The van der Waals surface area contributed by atoms with Gasteiger partial charge in [-0.25, -0.2) is 13.2 Å². The Morgan fingerprint density at radius 2 is 1.86 bits per heavy atom. The van der Waals surface area contributed by atoms with Crippen molar-refractivity contribution in [2.24, 2.45) is 0 Å². The van der Waals surface area contributed by atoms with Crippen LogP contribution in [0.25, 0.3) is 0 Å². The molecule has 1 amide bonds. The van der Waals surface area contributed by atoms with Gasteiger partial charge in [-0.05, 0) is 34.1 Å². The molecule has 0 saturated heterocycles. The van der Waals surface area contributed by atoms with Crippen molar-refractivity contribution in [3.63, 3.8) is 0 Å². The maximum Gasteiger partial charge on any atom is 0.234 e. The molecule has 0 aliphatic rings. The zero-order chi connectivity index (χ0) is 15.4. The quantitative estimate of drug-likeness (QED) is 0.791. The molecule has 0 aliphatic carbocycles. The summed E-state index contributed by atoms with van der Waals surface area (Å²) in [7, 11) is 0. The summed E-state index contributed by atoms with van der Waals surface area (Å²) in [5, 5.41) is 2.32. The van der Waals surface area contributed by atoms with Crippen molar-refractivity contribution in [3.8, 4) is 0 Å². The standard InChI is InChI=1S/C14H9BrF3NOS/c15-9-5-8(16)6-11(18)14(9)19-13(20)7-21-12-4-2-1-3-10(12)17/h1-6H,7H2,(H,19,20). The van der Waals surface area contributed by atoms with Gasteiger partial charge in [0.25, 0.3) is 0 Å². The molecule has 0 aromatic heterocycles. The number of halogens is 4. The fourth-order valence-corrected chi connectivity index (χ4v) is 2.79. The molecule has 7 heteroatoms. The van der Waals surface area contributed by atoms with E-state index in [1.165, 1.54) is 6.07 Å². The van der Waals surface area contributed by atoms with E-state index in [2.05, 4.69) is 21.2 Å². The van der Waals surface area contributed by atoms with Gasteiger partial charge in [-0.3, -0.25) is 4.79 Å². The number of benzene rings is 2. The summed E-state index contributed by atoms with van der Waals surface area (Å²) < 4.78 is 40.0. The molecule has 0 spiro atoms. The van der Waals surface area contributed by atoms with E-state index in [9.17, 15) is 18.0 Å². The van der Waals surface area contributed by atoms with Crippen LogP contribution in [-0.2, 0) is 4.79 Å². The smallest absolute Gasteiger partial charge is 0.234 e. The lowest BCUT2D eigenvalue weighted by molar-refractivity contribution is -0.113. The summed E-state index contributed by atoms with van der Waals surface area (Å²) in [4.78, 5) is 12.1. The SMILES string of the molecule is O=C(CSc1ccccc1F)Nc1c(F)cc(F)cc1Br. The van der Waals surface area contributed by atoms with Gasteiger partial charge in [0.15, 0.2) is 5.82 Å². The van der Waals surface area contributed by atoms with E-state index >= 15 is 0 Å². The van der Waals surface area contributed by atoms with Crippen LogP contribution in [0.2, 0.25) is 0 Å². The van der Waals surface area contributed by atoms with E-state index in [4.69, 9.17) is 0 Å². The normalized spacial score (nSPS) is 10.5. The van der Waals surface area contributed by atoms with Crippen LogP contribution in [0.15, 0.2) is 45.8 Å². The van der Waals surface area contributed by atoms with Gasteiger partial charge in [-0.2, -0.15) is 0 Å². The summed E-state index contributed by atoms with van der Waals surface area (Å²) in [6.07, 6.45) is 0. The highest BCUT2D eigenvalue weighted by Gasteiger charge is 2.13. The van der Waals surface area contributed by atoms with Crippen LogP contribution in [0.3, 0.4) is 0 Å². The molecule has 0 radical (unpaired) electrons. The highest BCUT2D eigenvalue weighted by Crippen LogP contribution is 2.27. The number of anilines is 1. The Labute approximate surface area is 131 Å². The third-order valence-electron chi connectivity index (χ3n) is 2.47. The maximum atomic E-state index is 13.5. The van der Waals surface area contributed by atoms with Crippen LogP contribution < -0.4 is 5.32 Å². The van der Waals surface area contributed by atoms with Gasteiger partial charge >= 0.3 is 0 Å². The lowest BCUT2D eigenvalue weighted by Gasteiger charge is -2.09.